The number of methoxy groups -OCH3 is 1. The highest BCUT2D eigenvalue weighted by Gasteiger charge is 2.19. The molecule has 0 aromatic heterocycles. The summed E-state index contributed by atoms with van der Waals surface area (Å²) in [6.07, 6.45) is 1.03. The van der Waals surface area contributed by atoms with E-state index in [4.69, 9.17) is 0 Å². The fourth-order valence-electron chi connectivity index (χ4n) is 2.37. The Bertz CT molecular complexity index is 929. The topological polar surface area (TPSA) is 92.8 Å². The normalized spacial score (nSPS) is 10.9. The van der Waals surface area contributed by atoms with Crippen LogP contribution in [0.1, 0.15) is 20.7 Å². The fraction of sp³-hybridized carbons (Fsp3) is 0.222. The molecule has 0 atom stereocenters. The van der Waals surface area contributed by atoms with E-state index in [0.29, 0.717) is 0 Å². The molecule has 0 saturated heterocycles. The smallest absolute Gasteiger partial charge is 0.337 e. The Labute approximate surface area is 156 Å². The lowest BCUT2D eigenvalue weighted by molar-refractivity contribution is 0.0600. The summed E-state index contributed by atoms with van der Waals surface area (Å²) < 4.78 is 42.9. The van der Waals surface area contributed by atoms with Gasteiger partial charge in [-0.25, -0.2) is 17.6 Å². The first kappa shape index (κ1) is 20.4. The van der Waals surface area contributed by atoms with Gasteiger partial charge in [-0.3, -0.25) is 9.10 Å². The minimum atomic E-state index is -3.66. The van der Waals surface area contributed by atoms with Crippen molar-refractivity contribution in [3.63, 3.8) is 0 Å². The molecular formula is C18H19FN2O5S. The molecule has 0 aliphatic rings. The molecule has 1 N–H and O–H groups in total. The Morgan fingerprint density at radius 3 is 2.37 bits per heavy atom. The van der Waals surface area contributed by atoms with Crippen molar-refractivity contribution in [1.29, 1.82) is 0 Å². The van der Waals surface area contributed by atoms with Gasteiger partial charge in [0, 0.05) is 12.1 Å². The van der Waals surface area contributed by atoms with Crippen LogP contribution in [-0.4, -0.2) is 46.7 Å². The number of anilines is 1. The zero-order chi connectivity index (χ0) is 20.0. The first-order chi connectivity index (χ1) is 12.7. The molecule has 0 saturated carbocycles. The Morgan fingerprint density at radius 1 is 1.11 bits per heavy atom. The predicted octanol–water partition coefficient (Wildman–Crippen LogP) is 1.81. The van der Waals surface area contributed by atoms with Crippen LogP contribution in [0.2, 0.25) is 0 Å². The molecule has 144 valence electrons. The molecule has 1 amide bonds. The number of nitrogens with one attached hydrogen (secondary N) is 1. The van der Waals surface area contributed by atoms with E-state index in [-0.39, 0.29) is 29.9 Å². The van der Waals surface area contributed by atoms with Crippen LogP contribution in [0.25, 0.3) is 0 Å². The van der Waals surface area contributed by atoms with Gasteiger partial charge in [-0.05, 0) is 42.5 Å². The van der Waals surface area contributed by atoms with Crippen molar-refractivity contribution in [2.24, 2.45) is 0 Å². The highest BCUT2D eigenvalue weighted by molar-refractivity contribution is 7.92. The van der Waals surface area contributed by atoms with Crippen molar-refractivity contribution in [2.75, 3.05) is 30.8 Å². The van der Waals surface area contributed by atoms with Crippen LogP contribution < -0.4 is 9.62 Å². The van der Waals surface area contributed by atoms with Gasteiger partial charge in [0.1, 0.15) is 5.82 Å². The number of carbonyl (C=O) groups is 2. The van der Waals surface area contributed by atoms with Crippen molar-refractivity contribution in [3.8, 4) is 0 Å². The summed E-state index contributed by atoms with van der Waals surface area (Å²) in [5.41, 5.74) is 0.741. The number of esters is 1. The maximum atomic E-state index is 12.9. The van der Waals surface area contributed by atoms with E-state index in [1.54, 1.807) is 0 Å². The fourth-order valence-corrected chi connectivity index (χ4v) is 3.29. The number of sulfonamides is 1. The summed E-state index contributed by atoms with van der Waals surface area (Å²) in [4.78, 5) is 23.7. The summed E-state index contributed by atoms with van der Waals surface area (Å²) in [7, 11) is -2.42. The summed E-state index contributed by atoms with van der Waals surface area (Å²) in [5.74, 6) is -1.50. The number of halogens is 1. The minimum absolute atomic E-state index is 0.0196. The molecule has 0 heterocycles. The second-order valence-corrected chi connectivity index (χ2v) is 7.55. The number of ether oxygens (including phenoxy) is 1. The van der Waals surface area contributed by atoms with Gasteiger partial charge in [0.05, 0.1) is 31.2 Å². The van der Waals surface area contributed by atoms with Gasteiger partial charge in [-0.1, -0.05) is 6.07 Å². The Hall–Kier alpha value is -2.94. The number of hydrogen-bond donors (Lipinski definition) is 1. The summed E-state index contributed by atoms with van der Waals surface area (Å²) >= 11 is 0. The summed E-state index contributed by atoms with van der Waals surface area (Å²) in [5, 5.41) is 2.58. The molecule has 9 heteroatoms. The molecule has 0 bridgehead atoms. The van der Waals surface area contributed by atoms with E-state index in [9.17, 15) is 22.4 Å². The van der Waals surface area contributed by atoms with Crippen molar-refractivity contribution in [2.45, 2.75) is 0 Å². The average molecular weight is 394 g/mol. The first-order valence-corrected chi connectivity index (χ1v) is 9.77. The molecule has 0 unspecified atom stereocenters. The monoisotopic (exact) mass is 394 g/mol. The van der Waals surface area contributed by atoms with Crippen LogP contribution in [0, 0.1) is 5.82 Å². The SMILES string of the molecule is COC(=O)c1cccc(N(CCNC(=O)c2ccc(F)cc2)S(C)(=O)=O)c1. The largest absolute Gasteiger partial charge is 0.465 e. The summed E-state index contributed by atoms with van der Waals surface area (Å²) in [6.45, 7) is -0.0257. The van der Waals surface area contributed by atoms with Crippen LogP contribution in [0.4, 0.5) is 10.1 Å². The molecule has 0 aliphatic heterocycles. The molecule has 27 heavy (non-hydrogen) atoms. The van der Waals surface area contributed by atoms with Crippen molar-refractivity contribution >= 4 is 27.6 Å². The summed E-state index contributed by atoms with van der Waals surface area (Å²) in [6, 6.07) is 11.0. The van der Waals surface area contributed by atoms with Crippen molar-refractivity contribution < 1.29 is 27.1 Å². The van der Waals surface area contributed by atoms with Gasteiger partial charge in [0.15, 0.2) is 0 Å². The van der Waals surface area contributed by atoms with Crippen LogP contribution in [-0.2, 0) is 14.8 Å². The third kappa shape index (κ3) is 5.52. The lowest BCUT2D eigenvalue weighted by Gasteiger charge is -2.23. The standard InChI is InChI=1S/C18H19FN2O5S/c1-26-18(23)14-4-3-5-16(12-14)21(27(2,24)25)11-10-20-17(22)13-6-8-15(19)9-7-13/h3-9,12H,10-11H2,1-2H3,(H,20,22). The van der Waals surface area contributed by atoms with Crippen LogP contribution in [0.5, 0.6) is 0 Å². The van der Waals surface area contributed by atoms with Crippen LogP contribution >= 0.6 is 0 Å². The van der Waals surface area contributed by atoms with Crippen molar-refractivity contribution in [3.05, 3.63) is 65.5 Å². The molecule has 7 nitrogen and oxygen atoms in total. The lowest BCUT2D eigenvalue weighted by atomic mass is 10.2. The average Bonchev–Trinajstić information content (AvgIpc) is 2.64. The number of amides is 1. The van der Waals surface area contributed by atoms with E-state index in [1.165, 1.54) is 43.5 Å². The molecule has 2 rings (SSSR count). The third-order valence-electron chi connectivity index (χ3n) is 3.66. The second kappa shape index (κ2) is 8.63. The molecule has 2 aromatic carbocycles. The molecular weight excluding hydrogens is 375 g/mol. The lowest BCUT2D eigenvalue weighted by Crippen LogP contribution is -2.38. The zero-order valence-electron chi connectivity index (χ0n) is 14.8. The molecule has 0 spiro atoms. The third-order valence-corrected chi connectivity index (χ3v) is 4.86. The number of rotatable bonds is 7. The highest BCUT2D eigenvalue weighted by atomic mass is 32.2. The van der Waals surface area contributed by atoms with Gasteiger partial charge >= 0.3 is 5.97 Å². The van der Waals surface area contributed by atoms with Crippen LogP contribution in [0.3, 0.4) is 0 Å². The highest BCUT2D eigenvalue weighted by Crippen LogP contribution is 2.19. The van der Waals surface area contributed by atoms with E-state index in [0.717, 1.165) is 22.7 Å². The minimum Gasteiger partial charge on any atom is -0.465 e. The second-order valence-electron chi connectivity index (χ2n) is 5.64. The van der Waals surface area contributed by atoms with Gasteiger partial charge in [0.2, 0.25) is 10.0 Å². The molecule has 2 aromatic rings. The maximum Gasteiger partial charge on any atom is 0.337 e. The van der Waals surface area contributed by atoms with E-state index in [2.05, 4.69) is 10.1 Å². The van der Waals surface area contributed by atoms with E-state index in [1.807, 2.05) is 0 Å². The molecule has 0 fully saturated rings. The number of hydrogen-bond acceptors (Lipinski definition) is 5. The first-order valence-electron chi connectivity index (χ1n) is 7.92. The van der Waals surface area contributed by atoms with E-state index < -0.39 is 27.7 Å². The number of benzene rings is 2. The van der Waals surface area contributed by atoms with Gasteiger partial charge in [-0.15, -0.1) is 0 Å². The van der Waals surface area contributed by atoms with E-state index >= 15 is 0 Å². The quantitative estimate of drug-likeness (QED) is 0.723. The number of nitrogens with zero attached hydrogens (tertiary/aromatic N) is 1. The van der Waals surface area contributed by atoms with Crippen LogP contribution in [0.15, 0.2) is 48.5 Å². The maximum absolute atomic E-state index is 12.9. The Balaban J connectivity index is 2.11. The predicted molar refractivity (Wildman–Crippen MR) is 98.7 cm³/mol. The van der Waals surface area contributed by atoms with Gasteiger partial charge in [0.25, 0.3) is 5.91 Å². The molecule has 0 radical (unpaired) electrons. The van der Waals surface area contributed by atoms with Crippen molar-refractivity contribution in [1.82, 2.24) is 5.32 Å². The van der Waals surface area contributed by atoms with Gasteiger partial charge in [-0.2, -0.15) is 0 Å². The Kier molecular flexibility index (Phi) is 6.51. The zero-order valence-corrected chi connectivity index (χ0v) is 15.6. The number of carbonyl (C=O) groups excluding carboxylic acids is 2. The Morgan fingerprint density at radius 2 is 1.78 bits per heavy atom. The van der Waals surface area contributed by atoms with Gasteiger partial charge < -0.3 is 10.1 Å². The molecule has 0 aliphatic carbocycles.